The van der Waals surface area contributed by atoms with Crippen molar-refractivity contribution in [1.82, 2.24) is 5.32 Å². The van der Waals surface area contributed by atoms with E-state index in [0.717, 1.165) is 12.1 Å². The molecule has 0 aromatic heterocycles. The Labute approximate surface area is 150 Å². The summed E-state index contributed by atoms with van der Waals surface area (Å²) in [6.45, 7) is 0.416. The maximum Gasteiger partial charge on any atom is 0.416 e. The van der Waals surface area contributed by atoms with Gasteiger partial charge < -0.3 is 10.4 Å². The van der Waals surface area contributed by atoms with Crippen LogP contribution in [0.3, 0.4) is 0 Å². The fraction of sp³-hybridized carbons (Fsp3) is 0.588. The van der Waals surface area contributed by atoms with Crippen LogP contribution in [0.15, 0.2) is 24.3 Å². The highest BCUT2D eigenvalue weighted by molar-refractivity contribution is 7.91. The molecule has 1 fully saturated rings. The van der Waals surface area contributed by atoms with E-state index in [-0.39, 0.29) is 23.8 Å². The summed E-state index contributed by atoms with van der Waals surface area (Å²) in [7, 11) is -2.96. The van der Waals surface area contributed by atoms with Gasteiger partial charge in [-0.05, 0) is 55.8 Å². The third-order valence-corrected chi connectivity index (χ3v) is 6.34. The molecule has 0 aliphatic carbocycles. The molecule has 1 aliphatic heterocycles. The molecule has 2 N–H and O–H groups in total. The Hall–Kier alpha value is -1.61. The van der Waals surface area contributed by atoms with Crippen molar-refractivity contribution in [2.75, 3.05) is 18.1 Å². The van der Waals surface area contributed by atoms with Crippen LogP contribution in [-0.2, 0) is 27.2 Å². The zero-order valence-corrected chi connectivity index (χ0v) is 14.9. The second-order valence-electron chi connectivity index (χ2n) is 6.63. The van der Waals surface area contributed by atoms with Gasteiger partial charge in [-0.1, -0.05) is 12.1 Å². The lowest BCUT2D eigenvalue weighted by molar-refractivity contribution is -0.140. The molecule has 146 valence electrons. The molecular weight excluding hydrogens is 371 g/mol. The number of hydrogen-bond acceptors (Lipinski definition) is 4. The van der Waals surface area contributed by atoms with E-state index in [4.69, 9.17) is 0 Å². The first-order valence-electron chi connectivity index (χ1n) is 8.39. The van der Waals surface area contributed by atoms with Crippen molar-refractivity contribution < 1.29 is 31.5 Å². The van der Waals surface area contributed by atoms with E-state index in [9.17, 15) is 31.5 Å². The Kier molecular flexibility index (Phi) is 6.68. The second kappa shape index (κ2) is 8.39. The molecule has 1 aliphatic rings. The Balaban J connectivity index is 1.84. The van der Waals surface area contributed by atoms with Crippen LogP contribution in [0.4, 0.5) is 13.2 Å². The average Bonchev–Trinajstić information content (AvgIpc) is 2.55. The number of nitrogens with one attached hydrogen (secondary N) is 1. The molecule has 1 unspecified atom stereocenters. The Morgan fingerprint density at radius 1 is 1.19 bits per heavy atom. The largest absolute Gasteiger partial charge is 0.480 e. The maximum atomic E-state index is 12.5. The first-order valence-corrected chi connectivity index (χ1v) is 10.2. The number of aryl methyl sites for hydroxylation is 1. The van der Waals surface area contributed by atoms with Crippen molar-refractivity contribution in [3.63, 3.8) is 0 Å². The number of hydrogen-bond donors (Lipinski definition) is 2. The predicted octanol–water partition coefficient (Wildman–Crippen LogP) is 2.51. The highest BCUT2D eigenvalue weighted by Crippen LogP contribution is 2.29. The monoisotopic (exact) mass is 393 g/mol. The van der Waals surface area contributed by atoms with Crippen LogP contribution in [0.1, 0.15) is 30.4 Å². The minimum Gasteiger partial charge on any atom is -0.480 e. The van der Waals surface area contributed by atoms with Crippen LogP contribution in [0.25, 0.3) is 0 Å². The molecule has 1 heterocycles. The van der Waals surface area contributed by atoms with E-state index >= 15 is 0 Å². The average molecular weight is 393 g/mol. The van der Waals surface area contributed by atoms with Gasteiger partial charge in [-0.15, -0.1) is 0 Å². The standard InChI is InChI=1S/C17H22F3NO4S/c18-17(19,20)14-4-1-12(2-5-14)3-6-15(16(22)23)21-11-13-7-9-26(24,25)10-8-13/h1-2,4-5,13,15,21H,3,6-11H2,(H,22,23). The first kappa shape index (κ1) is 20.7. The number of aliphatic carboxylic acids is 1. The van der Waals surface area contributed by atoms with E-state index < -0.39 is 33.6 Å². The number of alkyl halides is 3. The number of halogens is 3. The summed E-state index contributed by atoms with van der Waals surface area (Å²) in [6.07, 6.45) is -2.79. The minimum atomic E-state index is -4.39. The number of rotatable bonds is 7. The third-order valence-electron chi connectivity index (χ3n) is 4.63. The van der Waals surface area contributed by atoms with Gasteiger partial charge in [-0.2, -0.15) is 13.2 Å². The number of carboxylic acid groups (broad SMARTS) is 1. The van der Waals surface area contributed by atoms with Gasteiger partial charge in [0.1, 0.15) is 15.9 Å². The second-order valence-corrected chi connectivity index (χ2v) is 8.93. The topological polar surface area (TPSA) is 83.5 Å². The van der Waals surface area contributed by atoms with E-state index in [1.807, 2.05) is 0 Å². The van der Waals surface area contributed by atoms with Gasteiger partial charge in [-0.25, -0.2) is 8.42 Å². The number of carbonyl (C=O) groups is 1. The molecule has 26 heavy (non-hydrogen) atoms. The first-order chi connectivity index (χ1) is 12.1. The summed E-state index contributed by atoms with van der Waals surface area (Å²) in [6, 6.07) is 3.86. The van der Waals surface area contributed by atoms with E-state index in [2.05, 4.69) is 5.32 Å². The summed E-state index contributed by atoms with van der Waals surface area (Å²) in [4.78, 5) is 11.4. The van der Waals surface area contributed by atoms with Gasteiger partial charge in [-0.3, -0.25) is 4.79 Å². The number of benzene rings is 1. The quantitative estimate of drug-likeness (QED) is 0.744. The summed E-state index contributed by atoms with van der Waals surface area (Å²) >= 11 is 0. The van der Waals surface area contributed by atoms with E-state index in [1.54, 1.807) is 0 Å². The van der Waals surface area contributed by atoms with Crippen LogP contribution < -0.4 is 5.32 Å². The van der Waals surface area contributed by atoms with Gasteiger partial charge in [0.25, 0.3) is 0 Å². The van der Waals surface area contributed by atoms with E-state index in [0.29, 0.717) is 31.4 Å². The van der Waals surface area contributed by atoms with Crippen molar-refractivity contribution in [2.24, 2.45) is 5.92 Å². The molecule has 0 bridgehead atoms. The smallest absolute Gasteiger partial charge is 0.416 e. The van der Waals surface area contributed by atoms with Gasteiger partial charge in [0.15, 0.2) is 0 Å². The SMILES string of the molecule is O=C(O)C(CCc1ccc(C(F)(F)F)cc1)NCC1CCS(=O)(=O)CC1. The molecular formula is C17H22F3NO4S. The Morgan fingerprint density at radius 2 is 1.77 bits per heavy atom. The van der Waals surface area contributed by atoms with Gasteiger partial charge in [0.2, 0.25) is 0 Å². The summed E-state index contributed by atoms with van der Waals surface area (Å²) < 4.78 is 60.4. The molecule has 5 nitrogen and oxygen atoms in total. The maximum absolute atomic E-state index is 12.5. The van der Waals surface area contributed by atoms with Crippen molar-refractivity contribution >= 4 is 15.8 Å². The molecule has 0 spiro atoms. The van der Waals surface area contributed by atoms with E-state index in [1.165, 1.54) is 12.1 Å². The summed E-state index contributed by atoms with van der Waals surface area (Å²) in [5.41, 5.74) is -0.101. The predicted molar refractivity (Wildman–Crippen MR) is 90.6 cm³/mol. The van der Waals surface area contributed by atoms with Crippen molar-refractivity contribution in [1.29, 1.82) is 0 Å². The molecule has 2 rings (SSSR count). The Bertz CT molecular complexity index is 703. The van der Waals surface area contributed by atoms with Gasteiger partial charge in [0.05, 0.1) is 17.1 Å². The molecule has 1 atom stereocenters. The lowest BCUT2D eigenvalue weighted by atomic mass is 10.0. The lowest BCUT2D eigenvalue weighted by Crippen LogP contribution is -2.41. The van der Waals surface area contributed by atoms with Gasteiger partial charge in [0, 0.05) is 0 Å². The number of sulfone groups is 1. The molecule has 1 aromatic carbocycles. The molecule has 1 aromatic rings. The zero-order valence-electron chi connectivity index (χ0n) is 14.1. The fourth-order valence-corrected chi connectivity index (χ4v) is 4.53. The molecule has 0 saturated carbocycles. The van der Waals surface area contributed by atoms with Crippen LogP contribution in [0.5, 0.6) is 0 Å². The highest BCUT2D eigenvalue weighted by Gasteiger charge is 2.30. The molecule has 1 saturated heterocycles. The normalized spacial score (nSPS) is 19.2. The van der Waals surface area contributed by atoms with Crippen LogP contribution in [0, 0.1) is 5.92 Å². The fourth-order valence-electron chi connectivity index (χ4n) is 2.94. The van der Waals surface area contributed by atoms with Crippen molar-refractivity contribution in [3.8, 4) is 0 Å². The van der Waals surface area contributed by atoms with Gasteiger partial charge >= 0.3 is 12.1 Å². The van der Waals surface area contributed by atoms with Crippen molar-refractivity contribution in [2.45, 2.75) is 37.9 Å². The van der Waals surface area contributed by atoms with Crippen molar-refractivity contribution in [3.05, 3.63) is 35.4 Å². The minimum absolute atomic E-state index is 0.117. The third kappa shape index (κ3) is 6.28. The molecule has 9 heteroatoms. The van der Waals surface area contributed by atoms with Crippen LogP contribution in [0.2, 0.25) is 0 Å². The van der Waals surface area contributed by atoms with Crippen LogP contribution >= 0.6 is 0 Å². The summed E-state index contributed by atoms with van der Waals surface area (Å²) in [5.74, 6) is -0.655. The lowest BCUT2D eigenvalue weighted by Gasteiger charge is -2.24. The van der Waals surface area contributed by atoms with Crippen LogP contribution in [-0.4, -0.2) is 43.6 Å². The number of carboxylic acids is 1. The Morgan fingerprint density at radius 3 is 2.27 bits per heavy atom. The molecule has 0 radical (unpaired) electrons. The zero-order chi connectivity index (χ0) is 19.4. The molecule has 0 amide bonds. The summed E-state index contributed by atoms with van der Waals surface area (Å²) in [5, 5.41) is 12.3. The highest BCUT2D eigenvalue weighted by atomic mass is 32.2.